The molecule has 0 saturated carbocycles. The molecule has 4 nitrogen and oxygen atoms in total. The zero-order valence-electron chi connectivity index (χ0n) is 23.6. The van der Waals surface area contributed by atoms with Gasteiger partial charge in [-0.25, -0.2) is 15.0 Å². The smallest absolute Gasteiger partial charge is 0.164 e. The Bertz CT molecular complexity index is 2420. The molecular formula is C39H24N4S. The Hall–Kier alpha value is -5.65. The van der Waals surface area contributed by atoms with Crippen LogP contribution in [0.25, 0.3) is 81.8 Å². The molecule has 0 atom stereocenters. The highest BCUT2D eigenvalue weighted by atomic mass is 32.1. The van der Waals surface area contributed by atoms with E-state index in [4.69, 9.17) is 15.0 Å². The largest absolute Gasteiger partial charge is 0.309 e. The summed E-state index contributed by atoms with van der Waals surface area (Å²) in [4.78, 5) is 14.7. The lowest BCUT2D eigenvalue weighted by atomic mass is 10.1. The number of rotatable bonds is 4. The Morgan fingerprint density at radius 3 is 1.59 bits per heavy atom. The van der Waals surface area contributed by atoms with Crippen LogP contribution in [0.4, 0.5) is 0 Å². The van der Waals surface area contributed by atoms with E-state index >= 15 is 0 Å². The van der Waals surface area contributed by atoms with Crippen LogP contribution < -0.4 is 0 Å². The number of para-hydroxylation sites is 1. The van der Waals surface area contributed by atoms with Gasteiger partial charge in [0.1, 0.15) is 0 Å². The maximum atomic E-state index is 4.92. The van der Waals surface area contributed by atoms with Gasteiger partial charge in [0.25, 0.3) is 0 Å². The molecule has 6 aromatic carbocycles. The molecule has 3 heterocycles. The molecule has 0 radical (unpaired) electrons. The number of benzene rings is 6. The molecule has 44 heavy (non-hydrogen) atoms. The first-order valence-electron chi connectivity index (χ1n) is 14.6. The molecule has 0 bridgehead atoms. The summed E-state index contributed by atoms with van der Waals surface area (Å²) < 4.78 is 4.99. The van der Waals surface area contributed by atoms with Crippen molar-refractivity contribution in [2.45, 2.75) is 0 Å². The Morgan fingerprint density at radius 2 is 0.932 bits per heavy atom. The molecule has 0 aliphatic heterocycles. The van der Waals surface area contributed by atoms with Crippen molar-refractivity contribution < 1.29 is 0 Å². The lowest BCUT2D eigenvalue weighted by Crippen LogP contribution is -2.00. The third-order valence-corrected chi connectivity index (χ3v) is 9.39. The number of hydrogen-bond acceptors (Lipinski definition) is 4. The Labute approximate surface area is 257 Å². The highest BCUT2D eigenvalue weighted by Crippen LogP contribution is 2.40. The van der Waals surface area contributed by atoms with Crippen LogP contribution in [0.3, 0.4) is 0 Å². The number of hydrogen-bond donors (Lipinski definition) is 0. The van der Waals surface area contributed by atoms with Gasteiger partial charge in [0.15, 0.2) is 17.5 Å². The predicted molar refractivity (Wildman–Crippen MR) is 183 cm³/mol. The van der Waals surface area contributed by atoms with Crippen molar-refractivity contribution in [2.75, 3.05) is 0 Å². The van der Waals surface area contributed by atoms with Gasteiger partial charge in [0.2, 0.25) is 0 Å². The number of aromatic nitrogens is 4. The molecule has 9 rings (SSSR count). The summed E-state index contributed by atoms with van der Waals surface area (Å²) in [7, 11) is 0. The second-order valence-corrected chi connectivity index (χ2v) is 12.0. The molecule has 9 aromatic rings. The van der Waals surface area contributed by atoms with E-state index in [0.717, 1.165) is 22.4 Å². The summed E-state index contributed by atoms with van der Waals surface area (Å²) in [5.41, 5.74) is 6.36. The van der Waals surface area contributed by atoms with Crippen LogP contribution in [-0.4, -0.2) is 19.5 Å². The SMILES string of the molecule is c1ccc(-c2nc(-c3ccccc3)nc(-c3ccc(-n4c5ccccc5c5cc6c(cc54)sc4ccccc46)cc3)n2)cc1. The standard InChI is InChI=1S/C39H24N4S/c1-3-11-25(12-4-1)37-40-38(26-13-5-2-6-14-26)42-39(41-37)27-19-21-28(22-20-27)43-33-17-9-7-15-29(33)31-23-32-30-16-8-10-18-35(30)44-36(32)24-34(31)43/h1-24H. The fourth-order valence-electron chi connectivity index (χ4n) is 6.16. The predicted octanol–water partition coefficient (Wildman–Crippen LogP) is 10.3. The van der Waals surface area contributed by atoms with Gasteiger partial charge in [-0.3, -0.25) is 0 Å². The van der Waals surface area contributed by atoms with Crippen molar-refractivity contribution in [1.29, 1.82) is 0 Å². The van der Waals surface area contributed by atoms with Crippen molar-refractivity contribution in [3.8, 4) is 39.9 Å². The molecule has 5 heteroatoms. The second kappa shape index (κ2) is 9.97. The number of fused-ring (bicyclic) bond motifs is 6. The van der Waals surface area contributed by atoms with Crippen LogP contribution in [0.5, 0.6) is 0 Å². The van der Waals surface area contributed by atoms with Gasteiger partial charge >= 0.3 is 0 Å². The van der Waals surface area contributed by atoms with Crippen molar-refractivity contribution in [3.05, 3.63) is 146 Å². The highest BCUT2D eigenvalue weighted by molar-refractivity contribution is 7.25. The molecule has 0 fully saturated rings. The monoisotopic (exact) mass is 580 g/mol. The van der Waals surface area contributed by atoms with E-state index in [9.17, 15) is 0 Å². The van der Waals surface area contributed by atoms with Gasteiger partial charge in [-0.05, 0) is 48.5 Å². The minimum absolute atomic E-state index is 0.651. The van der Waals surface area contributed by atoms with E-state index in [1.165, 1.54) is 42.0 Å². The second-order valence-electron chi connectivity index (χ2n) is 10.9. The Kier molecular flexibility index (Phi) is 5.64. The Balaban J connectivity index is 1.21. The van der Waals surface area contributed by atoms with Gasteiger partial charge in [0, 0.05) is 53.3 Å². The van der Waals surface area contributed by atoms with Crippen molar-refractivity contribution >= 4 is 53.3 Å². The summed E-state index contributed by atoms with van der Waals surface area (Å²) in [6.07, 6.45) is 0. The maximum absolute atomic E-state index is 4.92. The summed E-state index contributed by atoms with van der Waals surface area (Å²) >= 11 is 1.85. The lowest BCUT2D eigenvalue weighted by Gasteiger charge is -2.11. The fourth-order valence-corrected chi connectivity index (χ4v) is 7.28. The minimum Gasteiger partial charge on any atom is -0.309 e. The first kappa shape index (κ1) is 24.9. The first-order valence-corrected chi connectivity index (χ1v) is 15.4. The van der Waals surface area contributed by atoms with Crippen molar-refractivity contribution in [1.82, 2.24) is 19.5 Å². The molecule has 206 valence electrons. The van der Waals surface area contributed by atoms with Gasteiger partial charge in [-0.15, -0.1) is 11.3 Å². The molecule has 0 N–H and O–H groups in total. The zero-order chi connectivity index (χ0) is 29.0. The maximum Gasteiger partial charge on any atom is 0.164 e. The van der Waals surface area contributed by atoms with Gasteiger partial charge in [-0.1, -0.05) is 97.1 Å². The van der Waals surface area contributed by atoms with Crippen molar-refractivity contribution in [3.63, 3.8) is 0 Å². The van der Waals surface area contributed by atoms with E-state index in [0.29, 0.717) is 17.5 Å². The zero-order valence-corrected chi connectivity index (χ0v) is 24.4. The lowest BCUT2D eigenvalue weighted by molar-refractivity contribution is 1.07. The molecule has 0 saturated heterocycles. The van der Waals surface area contributed by atoms with E-state index in [2.05, 4.69) is 89.5 Å². The third kappa shape index (κ3) is 4.02. The summed E-state index contributed by atoms with van der Waals surface area (Å²) in [6, 6.07) is 50.8. The fraction of sp³-hybridized carbons (Fsp3) is 0. The van der Waals surface area contributed by atoms with E-state index in [1.807, 2.05) is 72.0 Å². The number of thiophene rings is 1. The summed E-state index contributed by atoms with van der Waals surface area (Å²) in [6.45, 7) is 0. The van der Waals surface area contributed by atoms with Crippen LogP contribution >= 0.6 is 11.3 Å². The van der Waals surface area contributed by atoms with Crippen molar-refractivity contribution in [2.24, 2.45) is 0 Å². The average Bonchev–Trinajstić information content (AvgIpc) is 3.62. The molecule has 0 aliphatic carbocycles. The van der Waals surface area contributed by atoms with E-state index in [1.54, 1.807) is 0 Å². The molecule has 0 spiro atoms. The third-order valence-electron chi connectivity index (χ3n) is 8.25. The quantitative estimate of drug-likeness (QED) is 0.208. The molecular weight excluding hydrogens is 557 g/mol. The van der Waals surface area contributed by atoms with Gasteiger partial charge < -0.3 is 4.57 Å². The topological polar surface area (TPSA) is 43.6 Å². The van der Waals surface area contributed by atoms with Crippen LogP contribution in [0, 0.1) is 0 Å². The molecule has 0 aliphatic rings. The van der Waals surface area contributed by atoms with Crippen LogP contribution in [0.1, 0.15) is 0 Å². The van der Waals surface area contributed by atoms with Gasteiger partial charge in [0.05, 0.1) is 11.0 Å². The van der Waals surface area contributed by atoms with Crippen LogP contribution in [0.2, 0.25) is 0 Å². The highest BCUT2D eigenvalue weighted by Gasteiger charge is 2.16. The normalized spacial score (nSPS) is 11.6. The molecule has 0 unspecified atom stereocenters. The minimum atomic E-state index is 0.651. The van der Waals surface area contributed by atoms with Crippen LogP contribution in [-0.2, 0) is 0 Å². The average molecular weight is 581 g/mol. The summed E-state index contributed by atoms with van der Waals surface area (Å²) in [5, 5.41) is 5.15. The Morgan fingerprint density at radius 1 is 0.386 bits per heavy atom. The van der Waals surface area contributed by atoms with Crippen LogP contribution in [0.15, 0.2) is 146 Å². The van der Waals surface area contributed by atoms with Gasteiger partial charge in [-0.2, -0.15) is 0 Å². The van der Waals surface area contributed by atoms with E-state index in [-0.39, 0.29) is 0 Å². The molecule has 3 aromatic heterocycles. The van der Waals surface area contributed by atoms with E-state index < -0.39 is 0 Å². The number of nitrogens with zero attached hydrogens (tertiary/aromatic N) is 4. The summed E-state index contributed by atoms with van der Waals surface area (Å²) in [5.74, 6) is 1.97. The molecule has 0 amide bonds. The first-order chi connectivity index (χ1) is 21.8.